The maximum atomic E-state index is 14.4. The van der Waals surface area contributed by atoms with Crippen LogP contribution in [0, 0.1) is 5.82 Å². The van der Waals surface area contributed by atoms with Crippen molar-refractivity contribution in [2.45, 2.75) is 55.0 Å². The van der Waals surface area contributed by atoms with Gasteiger partial charge < -0.3 is 0 Å². The minimum Gasteiger partial charge on any atom is -0.295 e. The number of piperazine rings is 1. The lowest BCUT2D eigenvalue weighted by Gasteiger charge is -2.50. The first kappa shape index (κ1) is 30.1. The van der Waals surface area contributed by atoms with E-state index in [4.69, 9.17) is 23.2 Å². The minimum atomic E-state index is -3.84. The van der Waals surface area contributed by atoms with E-state index in [1.807, 2.05) is 4.90 Å². The van der Waals surface area contributed by atoms with Crippen molar-refractivity contribution < 1.29 is 26.4 Å². The minimum absolute atomic E-state index is 0. The Hall–Kier alpha value is -1.44. The monoisotopic (exact) mass is 603 g/mol. The molecular formula is C22H27Cl3F3N5O3S. The van der Waals surface area contributed by atoms with Gasteiger partial charge >= 0.3 is 0 Å². The largest absolute Gasteiger partial charge is 0.295 e. The molecule has 1 aliphatic heterocycles. The van der Waals surface area contributed by atoms with Crippen molar-refractivity contribution in [1.82, 2.24) is 24.2 Å². The van der Waals surface area contributed by atoms with Gasteiger partial charge in [-0.2, -0.15) is 4.31 Å². The van der Waals surface area contributed by atoms with Gasteiger partial charge in [-0.1, -0.05) is 28.4 Å². The number of ketones is 1. The number of nitrogens with zero attached hydrogens (tertiary/aromatic N) is 5. The fourth-order valence-corrected chi connectivity index (χ4v) is 6.97. The molecule has 0 bridgehead atoms. The third-order valence-corrected chi connectivity index (χ3v) is 9.39. The zero-order chi connectivity index (χ0) is 26.3. The summed E-state index contributed by atoms with van der Waals surface area (Å²) in [6, 6.07) is 2.29. The van der Waals surface area contributed by atoms with Crippen LogP contribution in [0.3, 0.4) is 0 Å². The van der Waals surface area contributed by atoms with Gasteiger partial charge in [-0.25, -0.2) is 21.6 Å². The predicted molar refractivity (Wildman–Crippen MR) is 135 cm³/mol. The molecule has 0 N–H and O–H groups in total. The lowest BCUT2D eigenvalue weighted by atomic mass is 9.74. The SMILES string of the molecule is Cl.Cn1cc(S(=O)(=O)N2CCN(C3(CCC(=O)c4c(F)cc(Cl)cc4Cl)CCC(F)(F)CC3)CC2)nn1. The van der Waals surface area contributed by atoms with Crippen LogP contribution >= 0.6 is 35.6 Å². The summed E-state index contributed by atoms with van der Waals surface area (Å²) in [5.74, 6) is -4.16. The first-order valence-electron chi connectivity index (χ1n) is 11.5. The van der Waals surface area contributed by atoms with Gasteiger partial charge in [0.05, 0.1) is 16.8 Å². The Kier molecular flexibility index (Phi) is 9.24. The maximum Gasteiger partial charge on any atom is 0.264 e. The van der Waals surface area contributed by atoms with Gasteiger partial charge in [0.1, 0.15) is 5.82 Å². The van der Waals surface area contributed by atoms with Gasteiger partial charge in [0.25, 0.3) is 10.0 Å². The standard InChI is InChI=1S/C22H26Cl2F3N5O3S.ClH/c1-30-14-19(28-29-30)36(34,35)32-10-8-31(9-11-32)21(4-6-22(26,27)7-5-21)3-2-18(33)20-16(24)12-15(23)13-17(20)25;/h12-14H,2-11H2,1H3;1H. The second-order valence-corrected chi connectivity index (χ2v) is 12.1. The number of sulfonamides is 1. The van der Waals surface area contributed by atoms with Crippen molar-refractivity contribution in [3.8, 4) is 0 Å². The van der Waals surface area contributed by atoms with Crippen LogP contribution in [0.2, 0.25) is 10.0 Å². The summed E-state index contributed by atoms with van der Waals surface area (Å²) in [4.78, 5) is 14.9. The number of benzene rings is 1. The Balaban J connectivity index is 0.00000380. The summed E-state index contributed by atoms with van der Waals surface area (Å²) in [6.45, 7) is 0.885. The van der Waals surface area contributed by atoms with Crippen LogP contribution in [-0.2, 0) is 17.1 Å². The highest BCUT2D eigenvalue weighted by molar-refractivity contribution is 7.89. The third kappa shape index (κ3) is 6.42. The molecule has 1 saturated carbocycles. The van der Waals surface area contributed by atoms with Crippen molar-refractivity contribution in [3.05, 3.63) is 39.8 Å². The van der Waals surface area contributed by atoms with Crippen LogP contribution in [0.15, 0.2) is 23.4 Å². The highest BCUT2D eigenvalue weighted by atomic mass is 35.5. The molecule has 1 aliphatic carbocycles. The Labute approximate surface area is 229 Å². The number of aromatic nitrogens is 3. The van der Waals surface area contributed by atoms with Crippen LogP contribution < -0.4 is 0 Å². The average molecular weight is 605 g/mol. The van der Waals surface area contributed by atoms with Crippen LogP contribution in [0.5, 0.6) is 0 Å². The van der Waals surface area contributed by atoms with Crippen molar-refractivity contribution in [1.29, 1.82) is 0 Å². The molecule has 15 heteroatoms. The van der Waals surface area contributed by atoms with Crippen LogP contribution in [0.4, 0.5) is 13.2 Å². The van der Waals surface area contributed by atoms with Gasteiger partial charge in [-0.15, -0.1) is 17.5 Å². The smallest absolute Gasteiger partial charge is 0.264 e. The molecule has 0 radical (unpaired) electrons. The number of hydrogen-bond donors (Lipinski definition) is 0. The predicted octanol–water partition coefficient (Wildman–Crippen LogP) is 4.60. The summed E-state index contributed by atoms with van der Waals surface area (Å²) in [5, 5.41) is 7.18. The lowest BCUT2D eigenvalue weighted by molar-refractivity contribution is -0.0891. The number of alkyl halides is 2. The Morgan fingerprint density at radius 3 is 2.24 bits per heavy atom. The summed E-state index contributed by atoms with van der Waals surface area (Å²) < 4.78 is 70.9. The normalized spacial score (nSPS) is 20.4. The number of rotatable bonds is 7. The van der Waals surface area contributed by atoms with E-state index in [0.29, 0.717) is 13.1 Å². The molecule has 1 aromatic carbocycles. The van der Waals surface area contributed by atoms with E-state index < -0.39 is 33.1 Å². The molecule has 8 nitrogen and oxygen atoms in total. The molecule has 1 aromatic heterocycles. The molecular weight excluding hydrogens is 578 g/mol. The Morgan fingerprint density at radius 2 is 1.70 bits per heavy atom. The topological polar surface area (TPSA) is 88.4 Å². The highest BCUT2D eigenvalue weighted by Crippen LogP contribution is 2.45. The number of Topliss-reactive ketones (excluding diaryl/α,β-unsaturated/α-hetero) is 1. The Morgan fingerprint density at radius 1 is 1.08 bits per heavy atom. The quantitative estimate of drug-likeness (QED) is 0.430. The van der Waals surface area contributed by atoms with Crippen LogP contribution in [0.1, 0.15) is 48.9 Å². The molecule has 2 fully saturated rings. The molecule has 0 amide bonds. The van der Waals surface area contributed by atoms with Gasteiger partial charge in [0, 0.05) is 63.1 Å². The fraction of sp³-hybridized carbons (Fsp3) is 0.591. The third-order valence-electron chi connectivity index (χ3n) is 7.11. The zero-order valence-electron chi connectivity index (χ0n) is 20.0. The lowest BCUT2D eigenvalue weighted by Crippen LogP contribution is -2.59. The van der Waals surface area contributed by atoms with Gasteiger partial charge in [-0.3, -0.25) is 14.4 Å². The molecule has 37 heavy (non-hydrogen) atoms. The number of halogens is 6. The van der Waals surface area contributed by atoms with Gasteiger partial charge in [0.2, 0.25) is 10.9 Å². The summed E-state index contributed by atoms with van der Waals surface area (Å²) in [7, 11) is -2.27. The number of carbonyl (C=O) groups excluding carboxylic acids is 1. The van der Waals surface area contributed by atoms with Gasteiger partial charge in [0.15, 0.2) is 5.78 Å². The number of hydrogen-bond acceptors (Lipinski definition) is 6. The maximum absolute atomic E-state index is 14.4. The Bertz CT molecular complexity index is 1220. The molecule has 2 aliphatic rings. The molecule has 0 unspecified atom stereocenters. The fourth-order valence-electron chi connectivity index (χ4n) is 5.06. The van der Waals surface area contributed by atoms with Crippen LogP contribution in [-0.4, -0.2) is 76.0 Å². The van der Waals surface area contributed by atoms with E-state index in [1.54, 1.807) is 7.05 Å². The molecule has 0 atom stereocenters. The molecule has 2 aromatic rings. The summed E-state index contributed by atoms with van der Waals surface area (Å²) in [6.07, 6.45) is 1.05. The van der Waals surface area contributed by atoms with E-state index in [0.717, 1.165) is 6.07 Å². The van der Waals surface area contributed by atoms with Crippen LogP contribution in [0.25, 0.3) is 0 Å². The highest BCUT2D eigenvalue weighted by Gasteiger charge is 2.47. The molecule has 4 rings (SSSR count). The van der Waals surface area contributed by atoms with E-state index in [-0.39, 0.29) is 84.7 Å². The molecule has 2 heterocycles. The van der Waals surface area contributed by atoms with Crippen molar-refractivity contribution >= 4 is 51.4 Å². The van der Waals surface area contributed by atoms with Crippen molar-refractivity contribution in [2.24, 2.45) is 7.05 Å². The summed E-state index contributed by atoms with van der Waals surface area (Å²) in [5.41, 5.74) is -1.01. The first-order chi connectivity index (χ1) is 16.8. The van der Waals surface area contributed by atoms with E-state index in [2.05, 4.69) is 10.3 Å². The van der Waals surface area contributed by atoms with Crippen molar-refractivity contribution in [2.75, 3.05) is 26.2 Å². The number of carbonyl (C=O) groups is 1. The van der Waals surface area contributed by atoms with Gasteiger partial charge in [-0.05, 0) is 31.4 Å². The molecule has 206 valence electrons. The van der Waals surface area contributed by atoms with E-state index >= 15 is 0 Å². The van der Waals surface area contributed by atoms with E-state index in [1.165, 1.54) is 21.3 Å². The number of aryl methyl sites for hydroxylation is 1. The second-order valence-electron chi connectivity index (χ2n) is 9.37. The molecule has 0 spiro atoms. The zero-order valence-corrected chi connectivity index (χ0v) is 23.1. The van der Waals surface area contributed by atoms with Crippen molar-refractivity contribution in [3.63, 3.8) is 0 Å². The first-order valence-corrected chi connectivity index (χ1v) is 13.7. The molecule has 1 saturated heterocycles. The summed E-state index contributed by atoms with van der Waals surface area (Å²) >= 11 is 11.8. The average Bonchev–Trinajstić information content (AvgIpc) is 3.25. The second kappa shape index (κ2) is 11.4. The van der Waals surface area contributed by atoms with E-state index in [9.17, 15) is 26.4 Å².